The van der Waals surface area contributed by atoms with Crippen LogP contribution in [0, 0.1) is 13.8 Å². The van der Waals surface area contributed by atoms with Crippen LogP contribution >= 0.6 is 24.0 Å². The number of nitrogens with zero attached hydrogens (tertiary/aromatic N) is 3. The van der Waals surface area contributed by atoms with Crippen LogP contribution in [-0.2, 0) is 11.8 Å². The van der Waals surface area contributed by atoms with E-state index >= 15 is 0 Å². The van der Waals surface area contributed by atoms with E-state index in [2.05, 4.69) is 10.3 Å². The number of carbonyl (C=O) groups is 1. The number of carbonyl (C=O) groups excluding carboxylic acids is 1. The van der Waals surface area contributed by atoms with Gasteiger partial charge in [-0.2, -0.15) is 0 Å². The molecule has 1 aliphatic rings. The number of halogens is 2. The Morgan fingerprint density at radius 3 is 2.52 bits per heavy atom. The first-order chi connectivity index (χ1) is 13.5. The zero-order valence-corrected chi connectivity index (χ0v) is 18.2. The SMILES string of the molecule is Cc1cc(Cl)cc(C)c1Nc1ncc(C(=O)N2CCOCC2)c2c1ccn2C.Cl. The molecule has 1 amide bonds. The fourth-order valence-corrected chi connectivity index (χ4v) is 4.06. The van der Waals surface area contributed by atoms with Crippen molar-refractivity contribution in [3.05, 3.63) is 52.3 Å². The van der Waals surface area contributed by atoms with Gasteiger partial charge in [0.2, 0.25) is 0 Å². The topological polar surface area (TPSA) is 59.4 Å². The van der Waals surface area contributed by atoms with E-state index in [0.29, 0.717) is 36.9 Å². The van der Waals surface area contributed by atoms with Gasteiger partial charge in [-0.15, -0.1) is 12.4 Å². The third-order valence-electron chi connectivity index (χ3n) is 5.18. The summed E-state index contributed by atoms with van der Waals surface area (Å²) in [6.45, 7) is 6.38. The Kier molecular flexibility index (Phi) is 6.36. The van der Waals surface area contributed by atoms with Crippen molar-refractivity contribution >= 4 is 52.3 Å². The number of morpholine rings is 1. The number of hydrogen-bond donors (Lipinski definition) is 1. The lowest BCUT2D eigenvalue weighted by atomic mass is 10.1. The molecule has 6 nitrogen and oxygen atoms in total. The molecule has 0 spiro atoms. The first-order valence-corrected chi connectivity index (χ1v) is 9.68. The molecule has 29 heavy (non-hydrogen) atoms. The summed E-state index contributed by atoms with van der Waals surface area (Å²) < 4.78 is 7.33. The molecule has 3 aromatic rings. The van der Waals surface area contributed by atoms with E-state index in [-0.39, 0.29) is 18.3 Å². The van der Waals surface area contributed by atoms with E-state index in [9.17, 15) is 4.79 Å². The van der Waals surface area contributed by atoms with Crippen molar-refractivity contribution in [2.24, 2.45) is 7.05 Å². The van der Waals surface area contributed by atoms with E-state index in [1.54, 1.807) is 6.20 Å². The Morgan fingerprint density at radius 2 is 1.86 bits per heavy atom. The highest BCUT2D eigenvalue weighted by Gasteiger charge is 2.23. The normalized spacial score (nSPS) is 14.0. The first-order valence-electron chi connectivity index (χ1n) is 9.30. The number of hydrogen-bond acceptors (Lipinski definition) is 4. The number of aromatic nitrogens is 2. The molecule has 2 aromatic heterocycles. The second-order valence-electron chi connectivity index (χ2n) is 7.15. The van der Waals surface area contributed by atoms with Gasteiger partial charge in [0.05, 0.1) is 24.3 Å². The largest absolute Gasteiger partial charge is 0.378 e. The maximum absolute atomic E-state index is 13.1. The van der Waals surface area contributed by atoms with E-state index in [1.807, 2.05) is 54.8 Å². The molecule has 4 rings (SSSR count). The summed E-state index contributed by atoms with van der Waals surface area (Å²) in [6, 6.07) is 5.84. The standard InChI is InChI=1S/C21H23ClN4O2.ClH/c1-13-10-15(22)11-14(2)18(13)24-20-16-4-5-25(3)19(16)17(12-23-20)21(27)26-6-8-28-9-7-26;/h4-5,10-12H,6-9H2,1-3H3,(H,23,24);1H. The minimum atomic E-state index is -0.00648. The monoisotopic (exact) mass is 434 g/mol. The average Bonchev–Trinajstić information content (AvgIpc) is 3.07. The van der Waals surface area contributed by atoms with Gasteiger partial charge in [-0.25, -0.2) is 4.98 Å². The van der Waals surface area contributed by atoms with E-state index in [0.717, 1.165) is 33.5 Å². The van der Waals surface area contributed by atoms with Crippen LogP contribution in [0.3, 0.4) is 0 Å². The Labute approximate surface area is 181 Å². The van der Waals surface area contributed by atoms with Crippen LogP contribution in [0.1, 0.15) is 21.5 Å². The van der Waals surface area contributed by atoms with Crippen LogP contribution in [0.25, 0.3) is 10.9 Å². The second kappa shape index (κ2) is 8.61. The predicted octanol–water partition coefficient (Wildman–Crippen LogP) is 4.48. The predicted molar refractivity (Wildman–Crippen MR) is 119 cm³/mol. The highest BCUT2D eigenvalue weighted by molar-refractivity contribution is 6.30. The number of anilines is 2. The summed E-state index contributed by atoms with van der Waals surface area (Å²) in [6.07, 6.45) is 3.62. The van der Waals surface area contributed by atoms with Gasteiger partial charge >= 0.3 is 0 Å². The summed E-state index contributed by atoms with van der Waals surface area (Å²) in [5.74, 6) is 0.718. The number of benzene rings is 1. The fraction of sp³-hybridized carbons (Fsp3) is 0.333. The fourth-order valence-electron chi connectivity index (χ4n) is 3.73. The molecule has 1 aromatic carbocycles. The third kappa shape index (κ3) is 4.06. The number of aryl methyl sites for hydroxylation is 3. The van der Waals surface area contributed by atoms with E-state index in [1.165, 1.54) is 0 Å². The molecule has 3 heterocycles. The zero-order valence-electron chi connectivity index (χ0n) is 16.7. The molecule has 0 unspecified atom stereocenters. The van der Waals surface area contributed by atoms with Gasteiger partial charge < -0.3 is 19.5 Å². The van der Waals surface area contributed by atoms with Crippen molar-refractivity contribution < 1.29 is 9.53 Å². The van der Waals surface area contributed by atoms with Crippen molar-refractivity contribution in [2.45, 2.75) is 13.8 Å². The smallest absolute Gasteiger partial charge is 0.257 e. The average molecular weight is 435 g/mol. The number of pyridine rings is 1. The molecule has 0 aliphatic carbocycles. The van der Waals surface area contributed by atoms with Crippen LogP contribution in [0.2, 0.25) is 5.02 Å². The third-order valence-corrected chi connectivity index (χ3v) is 5.39. The Bertz CT molecular complexity index is 1040. The highest BCUT2D eigenvalue weighted by atomic mass is 35.5. The number of ether oxygens (including phenoxy) is 1. The molecule has 8 heteroatoms. The number of amides is 1. The molecule has 0 saturated carbocycles. The highest BCUT2D eigenvalue weighted by Crippen LogP contribution is 2.32. The molecular formula is C21H24Cl2N4O2. The van der Waals surface area contributed by atoms with Gasteiger partial charge in [0.25, 0.3) is 5.91 Å². The van der Waals surface area contributed by atoms with Gasteiger partial charge in [0.1, 0.15) is 5.82 Å². The van der Waals surface area contributed by atoms with Crippen LogP contribution in [0.4, 0.5) is 11.5 Å². The summed E-state index contributed by atoms with van der Waals surface area (Å²) in [4.78, 5) is 19.5. The summed E-state index contributed by atoms with van der Waals surface area (Å²) in [5, 5.41) is 5.07. The zero-order chi connectivity index (χ0) is 19.8. The number of rotatable bonds is 3. The summed E-state index contributed by atoms with van der Waals surface area (Å²) >= 11 is 6.16. The van der Waals surface area contributed by atoms with Crippen LogP contribution in [0.5, 0.6) is 0 Å². The minimum absolute atomic E-state index is 0. The lowest BCUT2D eigenvalue weighted by molar-refractivity contribution is 0.0303. The molecule has 0 radical (unpaired) electrons. The quantitative estimate of drug-likeness (QED) is 0.659. The van der Waals surface area contributed by atoms with E-state index in [4.69, 9.17) is 16.3 Å². The van der Waals surface area contributed by atoms with Crippen molar-refractivity contribution in [1.82, 2.24) is 14.5 Å². The molecule has 1 fully saturated rings. The van der Waals surface area contributed by atoms with Gasteiger partial charge in [0.15, 0.2) is 0 Å². The summed E-state index contributed by atoms with van der Waals surface area (Å²) in [7, 11) is 1.95. The van der Waals surface area contributed by atoms with Crippen LogP contribution in [0.15, 0.2) is 30.6 Å². The maximum atomic E-state index is 13.1. The van der Waals surface area contributed by atoms with Gasteiger partial charge in [-0.1, -0.05) is 11.6 Å². The van der Waals surface area contributed by atoms with Crippen molar-refractivity contribution in [1.29, 1.82) is 0 Å². The molecular weight excluding hydrogens is 411 g/mol. The van der Waals surface area contributed by atoms with Crippen LogP contribution in [-0.4, -0.2) is 46.7 Å². The molecule has 1 N–H and O–H groups in total. The van der Waals surface area contributed by atoms with Crippen LogP contribution < -0.4 is 5.32 Å². The second-order valence-corrected chi connectivity index (χ2v) is 7.59. The number of nitrogens with one attached hydrogen (secondary N) is 1. The Hall–Kier alpha value is -2.28. The van der Waals surface area contributed by atoms with Gasteiger partial charge in [-0.3, -0.25) is 4.79 Å². The first kappa shape index (κ1) is 21.4. The molecule has 154 valence electrons. The molecule has 1 aliphatic heterocycles. The minimum Gasteiger partial charge on any atom is -0.378 e. The van der Waals surface area contributed by atoms with Crippen molar-refractivity contribution in [2.75, 3.05) is 31.6 Å². The van der Waals surface area contributed by atoms with E-state index < -0.39 is 0 Å². The molecule has 1 saturated heterocycles. The number of fused-ring (bicyclic) bond motifs is 1. The molecule has 0 atom stereocenters. The summed E-state index contributed by atoms with van der Waals surface area (Å²) in [5.41, 5.74) is 4.56. The lowest BCUT2D eigenvalue weighted by Crippen LogP contribution is -2.40. The van der Waals surface area contributed by atoms with Gasteiger partial charge in [-0.05, 0) is 43.2 Å². The Morgan fingerprint density at radius 1 is 1.21 bits per heavy atom. The molecule has 0 bridgehead atoms. The van der Waals surface area contributed by atoms with Crippen molar-refractivity contribution in [3.63, 3.8) is 0 Å². The van der Waals surface area contributed by atoms with Gasteiger partial charge in [0, 0.05) is 48.6 Å². The maximum Gasteiger partial charge on any atom is 0.257 e. The lowest BCUT2D eigenvalue weighted by Gasteiger charge is -2.27. The van der Waals surface area contributed by atoms with Crippen molar-refractivity contribution in [3.8, 4) is 0 Å². The Balaban J connectivity index is 0.00000240.